The molecule has 0 aromatic carbocycles. The minimum absolute atomic E-state index is 0.0359. The fourth-order valence-corrected chi connectivity index (χ4v) is 4.04. The molecule has 0 saturated carbocycles. The minimum Gasteiger partial charge on any atom is -0.381 e. The highest BCUT2D eigenvalue weighted by Gasteiger charge is 2.46. The molecular formula is C15H20N2O3S. The molecule has 6 heteroatoms. The average Bonchev–Trinajstić information content (AvgIpc) is 3.01. The smallest absolute Gasteiger partial charge is 0.255 e. The maximum Gasteiger partial charge on any atom is 0.255 e. The highest BCUT2D eigenvalue weighted by atomic mass is 32.1. The zero-order valence-electron chi connectivity index (χ0n) is 12.2. The largest absolute Gasteiger partial charge is 0.381 e. The summed E-state index contributed by atoms with van der Waals surface area (Å²) in [5.41, 5.74) is 0.438. The third kappa shape index (κ3) is 2.58. The van der Waals surface area contributed by atoms with Crippen LogP contribution in [0.15, 0.2) is 16.8 Å². The summed E-state index contributed by atoms with van der Waals surface area (Å²) in [5.74, 6) is 0.0143. The van der Waals surface area contributed by atoms with Gasteiger partial charge in [-0.25, -0.2) is 0 Å². The first-order valence-corrected chi connectivity index (χ1v) is 8.30. The molecule has 2 aliphatic rings. The van der Waals surface area contributed by atoms with Gasteiger partial charge in [0.1, 0.15) is 6.54 Å². The number of rotatable bonds is 2. The van der Waals surface area contributed by atoms with Crippen LogP contribution in [0.4, 0.5) is 0 Å². The zero-order chi connectivity index (χ0) is 14.9. The van der Waals surface area contributed by atoms with Crippen molar-refractivity contribution in [1.29, 1.82) is 0 Å². The van der Waals surface area contributed by atoms with Gasteiger partial charge in [0.2, 0.25) is 5.91 Å². The Morgan fingerprint density at radius 2 is 2.19 bits per heavy atom. The molecule has 2 amide bonds. The van der Waals surface area contributed by atoms with E-state index in [0.29, 0.717) is 31.9 Å². The molecule has 0 N–H and O–H groups in total. The Balaban J connectivity index is 1.85. The molecule has 0 atom stereocenters. The highest BCUT2D eigenvalue weighted by molar-refractivity contribution is 7.08. The van der Waals surface area contributed by atoms with E-state index in [0.717, 1.165) is 12.8 Å². The van der Waals surface area contributed by atoms with E-state index in [4.69, 9.17) is 4.74 Å². The number of amides is 2. The molecule has 0 aliphatic carbocycles. The van der Waals surface area contributed by atoms with E-state index in [1.54, 1.807) is 4.90 Å². The number of likely N-dealkylation sites (N-methyl/N-ethyl adjacent to an activating group) is 1. The first-order valence-electron chi connectivity index (χ1n) is 7.36. The first-order chi connectivity index (χ1) is 10.2. The maximum absolute atomic E-state index is 12.6. The van der Waals surface area contributed by atoms with Crippen molar-refractivity contribution in [1.82, 2.24) is 9.80 Å². The lowest BCUT2D eigenvalue weighted by Crippen LogP contribution is -2.67. The summed E-state index contributed by atoms with van der Waals surface area (Å²) >= 11 is 1.50. The van der Waals surface area contributed by atoms with Crippen LogP contribution in [0.1, 0.15) is 30.1 Å². The minimum atomic E-state index is -0.242. The Kier molecular flexibility index (Phi) is 3.99. The molecule has 1 aromatic rings. The van der Waals surface area contributed by atoms with Gasteiger partial charge in [-0.1, -0.05) is 0 Å². The van der Waals surface area contributed by atoms with Crippen LogP contribution in [0, 0.1) is 0 Å². The molecule has 1 spiro atoms. The Morgan fingerprint density at radius 3 is 2.81 bits per heavy atom. The van der Waals surface area contributed by atoms with Gasteiger partial charge in [0.15, 0.2) is 0 Å². The molecule has 114 valence electrons. The number of carbonyl (C=O) groups excluding carboxylic acids is 2. The maximum atomic E-state index is 12.6. The SMILES string of the molecule is CCN1C(=O)CN(C(=O)c2ccsc2)CC12CCOCC2. The molecular weight excluding hydrogens is 288 g/mol. The van der Waals surface area contributed by atoms with Gasteiger partial charge in [-0.15, -0.1) is 0 Å². The average molecular weight is 308 g/mol. The third-order valence-electron chi connectivity index (χ3n) is 4.48. The summed E-state index contributed by atoms with van der Waals surface area (Å²) in [6, 6.07) is 1.82. The molecule has 5 nitrogen and oxygen atoms in total. The second kappa shape index (κ2) is 5.77. The predicted octanol–water partition coefficient (Wildman–Crippen LogP) is 1.60. The second-order valence-electron chi connectivity index (χ2n) is 5.65. The van der Waals surface area contributed by atoms with Crippen molar-refractivity contribution in [3.05, 3.63) is 22.4 Å². The quantitative estimate of drug-likeness (QED) is 0.834. The standard InChI is InChI=1S/C15H20N2O3S/c1-2-17-13(18)9-16(14(19)12-3-8-21-10-12)11-15(17)4-6-20-7-5-15/h3,8,10H,2,4-7,9,11H2,1H3. The lowest BCUT2D eigenvalue weighted by molar-refractivity contribution is -0.150. The number of nitrogens with zero attached hydrogens (tertiary/aromatic N) is 2. The molecule has 21 heavy (non-hydrogen) atoms. The highest BCUT2D eigenvalue weighted by Crippen LogP contribution is 2.32. The number of hydrogen-bond acceptors (Lipinski definition) is 4. The van der Waals surface area contributed by atoms with E-state index >= 15 is 0 Å². The molecule has 1 aromatic heterocycles. The molecule has 3 rings (SSSR count). The van der Waals surface area contributed by atoms with Gasteiger partial charge < -0.3 is 14.5 Å². The van der Waals surface area contributed by atoms with Crippen molar-refractivity contribution >= 4 is 23.2 Å². The van der Waals surface area contributed by atoms with E-state index in [1.165, 1.54) is 11.3 Å². The predicted molar refractivity (Wildman–Crippen MR) is 80.4 cm³/mol. The Bertz CT molecular complexity index is 523. The number of carbonyl (C=O) groups is 2. The number of hydrogen-bond donors (Lipinski definition) is 0. The third-order valence-corrected chi connectivity index (χ3v) is 5.16. The van der Waals surface area contributed by atoms with Crippen LogP contribution in [-0.4, -0.2) is 60.0 Å². The molecule has 2 saturated heterocycles. The Hall–Kier alpha value is -1.40. The van der Waals surface area contributed by atoms with Crippen LogP contribution in [0.25, 0.3) is 0 Å². The molecule has 2 fully saturated rings. The fourth-order valence-electron chi connectivity index (χ4n) is 3.41. The lowest BCUT2D eigenvalue weighted by atomic mass is 9.85. The molecule has 3 heterocycles. The fraction of sp³-hybridized carbons (Fsp3) is 0.600. The van der Waals surface area contributed by atoms with Crippen LogP contribution >= 0.6 is 11.3 Å². The monoisotopic (exact) mass is 308 g/mol. The Morgan fingerprint density at radius 1 is 1.43 bits per heavy atom. The topological polar surface area (TPSA) is 49.9 Å². The lowest BCUT2D eigenvalue weighted by Gasteiger charge is -2.52. The second-order valence-corrected chi connectivity index (χ2v) is 6.43. The van der Waals surface area contributed by atoms with E-state index in [2.05, 4.69) is 0 Å². The number of ether oxygens (including phenoxy) is 1. The van der Waals surface area contributed by atoms with Gasteiger partial charge in [0.05, 0.1) is 11.1 Å². The van der Waals surface area contributed by atoms with E-state index in [-0.39, 0.29) is 23.9 Å². The van der Waals surface area contributed by atoms with Gasteiger partial charge in [-0.2, -0.15) is 11.3 Å². The van der Waals surface area contributed by atoms with Gasteiger partial charge in [0, 0.05) is 31.7 Å². The van der Waals surface area contributed by atoms with E-state index in [9.17, 15) is 9.59 Å². The van der Waals surface area contributed by atoms with Crippen molar-refractivity contribution in [2.24, 2.45) is 0 Å². The summed E-state index contributed by atoms with van der Waals surface area (Å²) in [6.07, 6.45) is 1.61. The molecule has 2 aliphatic heterocycles. The van der Waals surface area contributed by atoms with Gasteiger partial charge in [-0.3, -0.25) is 9.59 Å². The molecule has 0 bridgehead atoms. The van der Waals surface area contributed by atoms with Crippen LogP contribution in [-0.2, 0) is 9.53 Å². The van der Waals surface area contributed by atoms with Crippen molar-refractivity contribution in [2.75, 3.05) is 32.8 Å². The van der Waals surface area contributed by atoms with Crippen molar-refractivity contribution in [2.45, 2.75) is 25.3 Å². The van der Waals surface area contributed by atoms with Crippen molar-refractivity contribution < 1.29 is 14.3 Å². The van der Waals surface area contributed by atoms with Crippen molar-refractivity contribution in [3.8, 4) is 0 Å². The van der Waals surface area contributed by atoms with Crippen LogP contribution in [0.3, 0.4) is 0 Å². The summed E-state index contributed by atoms with van der Waals surface area (Å²) in [6.45, 7) is 4.81. The summed E-state index contributed by atoms with van der Waals surface area (Å²) < 4.78 is 5.45. The zero-order valence-corrected chi connectivity index (χ0v) is 13.0. The van der Waals surface area contributed by atoms with E-state index in [1.807, 2.05) is 28.7 Å². The van der Waals surface area contributed by atoms with Crippen LogP contribution < -0.4 is 0 Å². The Labute approximate surface area is 128 Å². The summed E-state index contributed by atoms with van der Waals surface area (Å²) in [4.78, 5) is 28.7. The van der Waals surface area contributed by atoms with Crippen LogP contribution in [0.2, 0.25) is 0 Å². The normalized spacial score (nSPS) is 21.9. The van der Waals surface area contributed by atoms with E-state index < -0.39 is 0 Å². The number of piperazine rings is 1. The summed E-state index contributed by atoms with van der Waals surface area (Å²) in [5, 5.41) is 3.73. The summed E-state index contributed by atoms with van der Waals surface area (Å²) in [7, 11) is 0. The van der Waals surface area contributed by atoms with Crippen LogP contribution in [0.5, 0.6) is 0 Å². The number of thiophene rings is 1. The first kappa shape index (κ1) is 14.5. The van der Waals surface area contributed by atoms with Gasteiger partial charge in [-0.05, 0) is 31.2 Å². The molecule has 0 unspecified atom stereocenters. The molecule has 0 radical (unpaired) electrons. The van der Waals surface area contributed by atoms with Gasteiger partial charge in [0.25, 0.3) is 5.91 Å². The van der Waals surface area contributed by atoms with Crippen molar-refractivity contribution in [3.63, 3.8) is 0 Å². The van der Waals surface area contributed by atoms with Gasteiger partial charge >= 0.3 is 0 Å².